The van der Waals surface area contributed by atoms with E-state index < -0.39 is 0 Å². The highest BCUT2D eigenvalue weighted by Gasteiger charge is 1.94. The molecule has 0 aliphatic rings. The molecule has 0 fully saturated rings. The number of nitrogens with one attached hydrogen (secondary N) is 1. The molecule has 1 atom stereocenters. The Hall–Kier alpha value is -0.0800. The Balaban J connectivity index is -0.000000196. The quantitative estimate of drug-likeness (QED) is 0.635. The van der Waals surface area contributed by atoms with Gasteiger partial charge in [-0.1, -0.05) is 20.8 Å². The monoisotopic (exact) mass is 148 g/mol. The summed E-state index contributed by atoms with van der Waals surface area (Å²) in [4.78, 5) is 0. The minimum Gasteiger partial charge on any atom is -0.328 e. The fourth-order valence-electron chi connectivity index (χ4n) is 0.534. The Bertz CT molecular complexity index is 51.4. The lowest BCUT2D eigenvalue weighted by atomic mass is 10.2. The second-order valence-electron chi connectivity index (χ2n) is 2.06. The van der Waals surface area contributed by atoms with Crippen molar-refractivity contribution in [2.24, 2.45) is 5.73 Å². The molecule has 0 aromatic carbocycles. The summed E-state index contributed by atoms with van der Waals surface area (Å²) >= 11 is 0. The summed E-state index contributed by atoms with van der Waals surface area (Å²) in [5, 5.41) is 3.05. The van der Waals surface area contributed by atoms with Gasteiger partial charge in [-0.2, -0.15) is 0 Å². The van der Waals surface area contributed by atoms with Gasteiger partial charge in [-0.3, -0.25) is 0 Å². The summed E-state index contributed by atoms with van der Waals surface area (Å²) in [6, 6.07) is 0.391. The molecule has 0 spiro atoms. The predicted octanol–water partition coefficient (Wildman–Crippen LogP) is 1.61. The number of hydrogen-bond donors (Lipinski definition) is 2. The van der Waals surface area contributed by atoms with Gasteiger partial charge in [-0.25, -0.2) is 0 Å². The van der Waals surface area contributed by atoms with Crippen molar-refractivity contribution in [2.75, 3.05) is 13.6 Å². The van der Waals surface area contributed by atoms with Crippen molar-refractivity contribution >= 4 is 0 Å². The van der Waals surface area contributed by atoms with Crippen molar-refractivity contribution in [1.29, 1.82) is 0 Å². The molecule has 0 aliphatic carbocycles. The predicted molar refractivity (Wildman–Crippen MR) is 50.3 cm³/mol. The summed E-state index contributed by atoms with van der Waals surface area (Å²) in [5.41, 5.74) is 5.62. The van der Waals surface area contributed by atoms with Crippen LogP contribution in [0, 0.1) is 0 Å². The first-order valence-electron chi connectivity index (χ1n) is 4.21. The summed E-state index contributed by atoms with van der Waals surface area (Å²) in [6.45, 7) is 7.15. The Morgan fingerprint density at radius 3 is 2.30 bits per heavy atom. The van der Waals surface area contributed by atoms with Gasteiger partial charge < -0.3 is 11.1 Å². The van der Waals surface area contributed by atoms with Gasteiger partial charge in [0.05, 0.1) is 0 Å². The second kappa shape index (κ2) is 11.7. The third kappa shape index (κ3) is 10.8. The van der Waals surface area contributed by atoms with E-state index in [1.165, 1.54) is 0 Å². The Labute approximate surface area is 66.7 Å². The molecule has 0 amide bonds. The third-order valence-corrected chi connectivity index (χ3v) is 1.29. The van der Waals surface area contributed by atoms with E-state index in [1.54, 1.807) is 0 Å². The molecule has 0 radical (unpaired) electrons. The van der Waals surface area contributed by atoms with Crippen molar-refractivity contribution in [3.05, 3.63) is 0 Å². The van der Waals surface area contributed by atoms with E-state index in [0.717, 1.165) is 19.4 Å². The highest BCUT2D eigenvalue weighted by atomic mass is 14.8. The van der Waals surface area contributed by atoms with E-state index in [0.29, 0.717) is 6.04 Å². The van der Waals surface area contributed by atoms with Crippen LogP contribution >= 0.6 is 0 Å². The zero-order valence-corrected chi connectivity index (χ0v) is 7.78. The summed E-state index contributed by atoms with van der Waals surface area (Å²) in [5.74, 6) is 0. The Morgan fingerprint density at radius 2 is 2.00 bits per heavy atom. The highest BCUT2D eigenvalue weighted by Crippen LogP contribution is 1.89. The highest BCUT2D eigenvalue weighted by molar-refractivity contribution is 4.58. The van der Waals surface area contributed by atoms with Crippen LogP contribution < -0.4 is 11.1 Å². The van der Waals surface area contributed by atoms with Crippen molar-refractivity contribution in [3.63, 3.8) is 0 Å². The first-order valence-corrected chi connectivity index (χ1v) is 4.21. The van der Waals surface area contributed by atoms with E-state index in [4.69, 9.17) is 5.73 Å². The molecule has 0 aromatic heterocycles. The molecule has 2 nitrogen and oxygen atoms in total. The van der Waals surface area contributed by atoms with Gasteiger partial charge in [-0.05, 0) is 26.4 Å². The molecule has 0 saturated carbocycles. The van der Waals surface area contributed by atoms with E-state index in [-0.39, 0.29) is 1.43 Å². The average Bonchev–Trinajstić information content (AvgIpc) is 2.04. The molecule has 0 bridgehead atoms. The van der Waals surface area contributed by atoms with Crippen LogP contribution in [0.25, 0.3) is 0 Å². The lowest BCUT2D eigenvalue weighted by Crippen LogP contribution is -2.23. The van der Waals surface area contributed by atoms with Crippen LogP contribution in [0.5, 0.6) is 0 Å². The normalized spacial score (nSPS) is 11.7. The van der Waals surface area contributed by atoms with Crippen LogP contribution in [0.1, 0.15) is 35.0 Å². The van der Waals surface area contributed by atoms with Crippen LogP contribution in [0.2, 0.25) is 0 Å². The molecule has 1 unspecified atom stereocenters. The van der Waals surface area contributed by atoms with Gasteiger partial charge in [0.15, 0.2) is 0 Å². The van der Waals surface area contributed by atoms with Crippen LogP contribution in [0.4, 0.5) is 0 Å². The van der Waals surface area contributed by atoms with E-state index in [1.807, 2.05) is 20.9 Å². The molecular formula is C8H24N2. The van der Waals surface area contributed by atoms with E-state index >= 15 is 0 Å². The fourth-order valence-corrected chi connectivity index (χ4v) is 0.534. The summed E-state index contributed by atoms with van der Waals surface area (Å²) in [6.07, 6.45) is 2.18. The summed E-state index contributed by atoms with van der Waals surface area (Å²) < 4.78 is 0. The molecule has 10 heavy (non-hydrogen) atoms. The van der Waals surface area contributed by atoms with Crippen molar-refractivity contribution < 1.29 is 1.43 Å². The van der Waals surface area contributed by atoms with Crippen molar-refractivity contribution in [1.82, 2.24) is 5.32 Å². The van der Waals surface area contributed by atoms with Crippen LogP contribution in [-0.2, 0) is 0 Å². The van der Waals surface area contributed by atoms with Crippen molar-refractivity contribution in [2.45, 2.75) is 39.7 Å². The maximum absolute atomic E-state index is 5.62. The molecule has 0 heterocycles. The molecule has 0 saturated heterocycles. The van der Waals surface area contributed by atoms with Gasteiger partial charge in [0.2, 0.25) is 0 Å². The molecular weight excluding hydrogens is 124 g/mol. The summed E-state index contributed by atoms with van der Waals surface area (Å²) in [7, 11) is 1.95. The fraction of sp³-hybridized carbons (Fsp3) is 1.00. The first-order chi connectivity index (χ1) is 4.81. The standard InChI is InChI=1S/C6H16N2.C2H6.H2/c1-3-6(7)4-5-8-2;1-2;/h6,8H,3-5,7H2,1-2H3;1-2H3;1H. The lowest BCUT2D eigenvalue weighted by Gasteiger charge is -2.05. The topological polar surface area (TPSA) is 38.0 Å². The second-order valence-corrected chi connectivity index (χ2v) is 2.06. The van der Waals surface area contributed by atoms with E-state index in [2.05, 4.69) is 12.2 Å². The van der Waals surface area contributed by atoms with E-state index in [9.17, 15) is 0 Å². The largest absolute Gasteiger partial charge is 0.328 e. The molecule has 3 N–H and O–H groups in total. The average molecular weight is 148 g/mol. The maximum Gasteiger partial charge on any atom is 0.00482 e. The zero-order chi connectivity index (χ0) is 8.41. The molecule has 66 valence electrons. The minimum atomic E-state index is 0. The lowest BCUT2D eigenvalue weighted by molar-refractivity contribution is 0.573. The number of hydrogen-bond acceptors (Lipinski definition) is 2. The SMILES string of the molecule is CC.CCC(N)CCNC.[HH]. The number of nitrogens with two attached hydrogens (primary N) is 1. The van der Waals surface area contributed by atoms with Crippen molar-refractivity contribution in [3.8, 4) is 0 Å². The molecule has 0 aliphatic heterocycles. The minimum absolute atomic E-state index is 0. The van der Waals surface area contributed by atoms with Crippen LogP contribution in [-0.4, -0.2) is 19.6 Å². The molecule has 2 heteroatoms. The van der Waals surface area contributed by atoms with Gasteiger partial charge in [0.25, 0.3) is 0 Å². The maximum atomic E-state index is 5.62. The Morgan fingerprint density at radius 1 is 1.50 bits per heavy atom. The molecule has 0 aromatic rings. The smallest absolute Gasteiger partial charge is 0.00482 e. The van der Waals surface area contributed by atoms with Gasteiger partial charge in [-0.15, -0.1) is 0 Å². The first kappa shape index (κ1) is 12.6. The van der Waals surface area contributed by atoms with Crippen LogP contribution in [0.15, 0.2) is 0 Å². The van der Waals surface area contributed by atoms with Gasteiger partial charge >= 0.3 is 0 Å². The van der Waals surface area contributed by atoms with Crippen LogP contribution in [0.3, 0.4) is 0 Å². The third-order valence-electron chi connectivity index (χ3n) is 1.29. The number of rotatable bonds is 4. The van der Waals surface area contributed by atoms with Gasteiger partial charge in [0, 0.05) is 7.47 Å². The van der Waals surface area contributed by atoms with Gasteiger partial charge in [0.1, 0.15) is 0 Å². The zero-order valence-electron chi connectivity index (χ0n) is 7.78. The Kier molecular flexibility index (Phi) is 14.7. The molecule has 0 rings (SSSR count).